The average Bonchev–Trinajstić information content (AvgIpc) is 2.26. The summed E-state index contributed by atoms with van der Waals surface area (Å²) in [7, 11) is 0. The first-order valence-electron chi connectivity index (χ1n) is 5.76. The van der Waals surface area contributed by atoms with Crippen LogP contribution in [0.3, 0.4) is 0 Å². The number of nitrogens with two attached hydrogens (primary N) is 1. The molecule has 1 rings (SSSR count). The maximum Gasteiger partial charge on any atom is 0.258 e. The molecule has 0 radical (unpaired) electrons. The van der Waals surface area contributed by atoms with Gasteiger partial charge in [-0.3, -0.25) is 4.79 Å². The summed E-state index contributed by atoms with van der Waals surface area (Å²) in [5.41, 5.74) is 6.78. The van der Waals surface area contributed by atoms with Crippen LogP contribution in [0, 0.1) is 0 Å². The van der Waals surface area contributed by atoms with Crippen molar-refractivity contribution in [3.8, 4) is 5.75 Å². The molecular weight excluding hydrogens is 216 g/mol. The third-order valence-corrected chi connectivity index (χ3v) is 2.23. The number of ether oxygens (including phenoxy) is 1. The smallest absolute Gasteiger partial charge is 0.258 e. The Morgan fingerprint density at radius 3 is 2.35 bits per heavy atom. The number of hydrogen-bond acceptors (Lipinski definition) is 3. The van der Waals surface area contributed by atoms with E-state index in [0.717, 1.165) is 5.56 Å². The number of carbonyl (C=O) groups excluding carboxylic acids is 1. The minimum atomic E-state index is -0.115. The first-order valence-corrected chi connectivity index (χ1v) is 5.76. The molecule has 0 heterocycles. The molecule has 94 valence electrons. The third-order valence-electron chi connectivity index (χ3n) is 2.23. The lowest BCUT2D eigenvalue weighted by atomic mass is 10.1. The van der Waals surface area contributed by atoms with Crippen LogP contribution in [-0.2, 0) is 4.79 Å². The molecule has 0 bridgehead atoms. The van der Waals surface area contributed by atoms with E-state index in [9.17, 15) is 4.79 Å². The summed E-state index contributed by atoms with van der Waals surface area (Å²) in [6.45, 7) is 5.78. The largest absolute Gasteiger partial charge is 0.484 e. The van der Waals surface area contributed by atoms with Gasteiger partial charge in [-0.2, -0.15) is 0 Å². The van der Waals surface area contributed by atoms with E-state index in [1.165, 1.54) is 0 Å². The molecule has 1 aromatic rings. The quantitative estimate of drug-likeness (QED) is 0.816. The van der Waals surface area contributed by atoms with Crippen LogP contribution in [0.2, 0.25) is 0 Å². The minimum absolute atomic E-state index is 0.00768. The number of amides is 1. The molecule has 17 heavy (non-hydrogen) atoms. The van der Waals surface area contributed by atoms with Crippen LogP contribution in [-0.4, -0.2) is 18.6 Å². The summed E-state index contributed by atoms with van der Waals surface area (Å²) in [6, 6.07) is 7.59. The summed E-state index contributed by atoms with van der Waals surface area (Å²) in [6.07, 6.45) is 0. The van der Waals surface area contributed by atoms with Gasteiger partial charge in [-0.15, -0.1) is 0 Å². The second-order valence-corrected chi connectivity index (χ2v) is 4.37. The number of hydrogen-bond donors (Lipinski definition) is 2. The second-order valence-electron chi connectivity index (χ2n) is 4.37. The van der Waals surface area contributed by atoms with Gasteiger partial charge in [-0.25, -0.2) is 0 Å². The predicted octanol–water partition coefficient (Wildman–Crippen LogP) is 1.61. The van der Waals surface area contributed by atoms with Gasteiger partial charge in [-0.1, -0.05) is 12.1 Å². The summed E-state index contributed by atoms with van der Waals surface area (Å²) in [4.78, 5) is 11.3. The second kappa shape index (κ2) is 6.25. The van der Waals surface area contributed by atoms with Crippen LogP contribution in [0.5, 0.6) is 5.75 Å². The Morgan fingerprint density at radius 1 is 1.29 bits per heavy atom. The number of nitrogens with one attached hydrogen (secondary N) is 1. The highest BCUT2D eigenvalue weighted by molar-refractivity contribution is 5.77. The Bertz CT molecular complexity index is 358. The van der Waals surface area contributed by atoms with E-state index >= 15 is 0 Å². The van der Waals surface area contributed by atoms with Crippen LogP contribution in [0.4, 0.5) is 0 Å². The van der Waals surface area contributed by atoms with E-state index in [1.807, 2.05) is 45.0 Å². The van der Waals surface area contributed by atoms with Crippen molar-refractivity contribution in [1.82, 2.24) is 5.32 Å². The van der Waals surface area contributed by atoms with Gasteiger partial charge in [0.25, 0.3) is 5.91 Å². The molecule has 0 fully saturated rings. The van der Waals surface area contributed by atoms with E-state index in [2.05, 4.69) is 5.32 Å². The van der Waals surface area contributed by atoms with Crippen LogP contribution in [0.25, 0.3) is 0 Å². The van der Waals surface area contributed by atoms with Gasteiger partial charge in [0.15, 0.2) is 6.61 Å². The molecule has 4 nitrogen and oxygen atoms in total. The summed E-state index contributed by atoms with van der Waals surface area (Å²) in [5, 5.41) is 2.76. The van der Waals surface area contributed by atoms with E-state index in [0.29, 0.717) is 5.75 Å². The van der Waals surface area contributed by atoms with Crippen molar-refractivity contribution in [1.29, 1.82) is 0 Å². The maximum absolute atomic E-state index is 11.3. The fourth-order valence-corrected chi connectivity index (χ4v) is 1.38. The molecule has 1 atom stereocenters. The van der Waals surface area contributed by atoms with Crippen molar-refractivity contribution in [3.63, 3.8) is 0 Å². The lowest BCUT2D eigenvalue weighted by Crippen LogP contribution is -2.34. The van der Waals surface area contributed by atoms with Crippen molar-refractivity contribution < 1.29 is 9.53 Å². The Labute approximate surface area is 102 Å². The van der Waals surface area contributed by atoms with Crippen LogP contribution in [0.15, 0.2) is 24.3 Å². The number of benzene rings is 1. The van der Waals surface area contributed by atoms with Gasteiger partial charge in [0, 0.05) is 12.1 Å². The molecule has 0 aliphatic heterocycles. The zero-order chi connectivity index (χ0) is 12.8. The Morgan fingerprint density at radius 2 is 1.88 bits per heavy atom. The lowest BCUT2D eigenvalue weighted by molar-refractivity contribution is -0.123. The molecule has 0 aromatic heterocycles. The van der Waals surface area contributed by atoms with E-state index in [4.69, 9.17) is 10.5 Å². The molecular formula is C13H20N2O2. The molecule has 0 saturated carbocycles. The van der Waals surface area contributed by atoms with Crippen molar-refractivity contribution in [2.24, 2.45) is 5.73 Å². The molecule has 0 saturated heterocycles. The van der Waals surface area contributed by atoms with Crippen molar-refractivity contribution >= 4 is 5.91 Å². The lowest BCUT2D eigenvalue weighted by Gasteiger charge is -2.10. The van der Waals surface area contributed by atoms with Gasteiger partial charge in [0.2, 0.25) is 0 Å². The molecule has 3 N–H and O–H groups in total. The molecule has 1 aromatic carbocycles. The standard InChI is InChI=1S/C13H20N2O2/c1-9(2)15-13(16)8-17-12-6-4-11(5-7-12)10(3)14/h4-7,9-10H,8,14H2,1-3H3,(H,15,16)/t10-/m0/s1. The zero-order valence-electron chi connectivity index (χ0n) is 10.6. The zero-order valence-corrected chi connectivity index (χ0v) is 10.6. The van der Waals surface area contributed by atoms with Crippen LogP contribution >= 0.6 is 0 Å². The van der Waals surface area contributed by atoms with Gasteiger partial charge in [-0.05, 0) is 38.5 Å². The minimum Gasteiger partial charge on any atom is -0.484 e. The molecule has 4 heteroatoms. The van der Waals surface area contributed by atoms with Gasteiger partial charge < -0.3 is 15.8 Å². The van der Waals surface area contributed by atoms with E-state index in [-0.39, 0.29) is 24.6 Å². The topological polar surface area (TPSA) is 64.3 Å². The summed E-state index contributed by atoms with van der Waals surface area (Å²) >= 11 is 0. The van der Waals surface area contributed by atoms with Crippen molar-refractivity contribution in [3.05, 3.63) is 29.8 Å². The van der Waals surface area contributed by atoms with Crippen LogP contribution < -0.4 is 15.8 Å². The highest BCUT2D eigenvalue weighted by atomic mass is 16.5. The normalized spacial score (nSPS) is 12.3. The highest BCUT2D eigenvalue weighted by Gasteiger charge is 2.04. The third kappa shape index (κ3) is 4.87. The van der Waals surface area contributed by atoms with Crippen LogP contribution in [0.1, 0.15) is 32.4 Å². The van der Waals surface area contributed by atoms with Gasteiger partial charge in [0.05, 0.1) is 0 Å². The highest BCUT2D eigenvalue weighted by Crippen LogP contribution is 2.15. The summed E-state index contributed by atoms with van der Waals surface area (Å²) < 4.78 is 5.35. The monoisotopic (exact) mass is 236 g/mol. The first kappa shape index (κ1) is 13.5. The average molecular weight is 236 g/mol. The fourth-order valence-electron chi connectivity index (χ4n) is 1.38. The van der Waals surface area contributed by atoms with Crippen molar-refractivity contribution in [2.75, 3.05) is 6.61 Å². The van der Waals surface area contributed by atoms with E-state index < -0.39 is 0 Å². The van der Waals surface area contributed by atoms with E-state index in [1.54, 1.807) is 0 Å². The Hall–Kier alpha value is -1.55. The predicted molar refractivity (Wildman–Crippen MR) is 67.8 cm³/mol. The Kier molecular flexibility index (Phi) is 4.97. The first-order chi connectivity index (χ1) is 7.99. The molecule has 0 unspecified atom stereocenters. The van der Waals surface area contributed by atoms with Gasteiger partial charge >= 0.3 is 0 Å². The number of rotatable bonds is 5. The Balaban J connectivity index is 2.44. The fraction of sp³-hybridized carbons (Fsp3) is 0.462. The summed E-state index contributed by atoms with van der Waals surface area (Å²) in [5.74, 6) is 0.560. The van der Waals surface area contributed by atoms with Gasteiger partial charge in [0.1, 0.15) is 5.75 Å². The molecule has 0 spiro atoms. The van der Waals surface area contributed by atoms with Crippen molar-refractivity contribution in [2.45, 2.75) is 32.9 Å². The SMILES string of the molecule is CC(C)NC(=O)COc1ccc([C@H](C)N)cc1. The molecule has 0 aliphatic rings. The maximum atomic E-state index is 11.3. The molecule has 1 amide bonds. The number of carbonyl (C=O) groups is 1. The molecule has 0 aliphatic carbocycles.